The van der Waals surface area contributed by atoms with Crippen molar-refractivity contribution in [2.45, 2.75) is 71.9 Å². The maximum absolute atomic E-state index is 14.0. The number of rotatable bonds is 6. The van der Waals surface area contributed by atoms with Crippen molar-refractivity contribution in [3.05, 3.63) is 53.6 Å². The quantitative estimate of drug-likeness (QED) is 0.481. The third-order valence-corrected chi connectivity index (χ3v) is 7.61. The number of nitrogens with one attached hydrogen (secondary N) is 2. The fourth-order valence-corrected chi connectivity index (χ4v) is 5.26. The van der Waals surface area contributed by atoms with Crippen LogP contribution in [0.25, 0.3) is 0 Å². The number of urea groups is 1. The number of nitrogens with zero attached hydrogens (tertiary/aromatic N) is 2. The lowest BCUT2D eigenvalue weighted by Crippen LogP contribution is -2.55. The molecule has 1 unspecified atom stereocenters. The summed E-state index contributed by atoms with van der Waals surface area (Å²) in [6.45, 7) is 7.33. The van der Waals surface area contributed by atoms with Crippen LogP contribution < -0.4 is 20.4 Å². The zero-order chi connectivity index (χ0) is 28.3. The van der Waals surface area contributed by atoms with E-state index in [2.05, 4.69) is 15.5 Å². The summed E-state index contributed by atoms with van der Waals surface area (Å²) in [4.78, 5) is 55.5. The summed E-state index contributed by atoms with van der Waals surface area (Å²) in [5.74, 6) is -1.53. The maximum Gasteiger partial charge on any atom is 0.336 e. The molecule has 39 heavy (non-hydrogen) atoms. The highest BCUT2D eigenvalue weighted by atomic mass is 16.4. The normalized spacial score (nSPS) is 18.3. The number of carbonyl (C=O) groups excluding carboxylic acids is 3. The van der Waals surface area contributed by atoms with Gasteiger partial charge in [0.1, 0.15) is 6.04 Å². The van der Waals surface area contributed by atoms with E-state index in [9.17, 15) is 24.3 Å². The SMILES string of the molecule is Cc1ccc(NC(=O)NC2CN(C3CCCCC3)c3ccccc3N(CC(=O)C(C)(C)C)C2=O)cc1C(=O)O. The fraction of sp³-hybridized carbons (Fsp3) is 0.467. The van der Waals surface area contributed by atoms with E-state index >= 15 is 0 Å². The second kappa shape index (κ2) is 11.5. The number of aromatic carboxylic acids is 1. The minimum Gasteiger partial charge on any atom is -0.478 e. The Hall–Kier alpha value is -3.88. The first-order valence-electron chi connectivity index (χ1n) is 13.6. The standard InChI is InChI=1S/C30H38N4O5/c1-19-14-15-20(16-22(19)28(37)38)31-29(39)32-23-17-33(21-10-6-5-7-11-21)24-12-8-9-13-25(24)34(27(23)36)18-26(35)30(2,3)4/h8-9,12-16,21,23H,5-7,10-11,17-18H2,1-4H3,(H,37,38)(H2,31,32,39). The Morgan fingerprint density at radius 3 is 2.31 bits per heavy atom. The molecule has 1 atom stereocenters. The number of carboxylic acid groups (broad SMARTS) is 1. The predicted molar refractivity (Wildman–Crippen MR) is 152 cm³/mol. The third-order valence-electron chi connectivity index (χ3n) is 7.61. The monoisotopic (exact) mass is 534 g/mol. The van der Waals surface area contributed by atoms with Crippen LogP contribution in [0, 0.1) is 12.3 Å². The van der Waals surface area contributed by atoms with Gasteiger partial charge in [0.05, 0.1) is 23.5 Å². The molecule has 0 saturated heterocycles. The van der Waals surface area contributed by atoms with Crippen LogP contribution in [0.1, 0.15) is 68.8 Å². The number of carbonyl (C=O) groups is 4. The largest absolute Gasteiger partial charge is 0.478 e. The second-order valence-corrected chi connectivity index (χ2v) is 11.5. The zero-order valence-corrected chi connectivity index (χ0v) is 23.1. The zero-order valence-electron chi connectivity index (χ0n) is 23.1. The van der Waals surface area contributed by atoms with Crippen LogP contribution in [-0.2, 0) is 9.59 Å². The molecule has 1 heterocycles. The number of para-hydroxylation sites is 2. The molecule has 4 rings (SSSR count). The van der Waals surface area contributed by atoms with Crippen LogP contribution in [0.4, 0.5) is 21.9 Å². The van der Waals surface area contributed by atoms with Crippen LogP contribution in [0.2, 0.25) is 0 Å². The van der Waals surface area contributed by atoms with E-state index in [1.54, 1.807) is 19.1 Å². The van der Waals surface area contributed by atoms with E-state index < -0.39 is 23.5 Å². The number of hydrogen-bond donors (Lipinski definition) is 3. The van der Waals surface area contributed by atoms with Crippen LogP contribution in [-0.4, -0.2) is 54.0 Å². The number of carboxylic acids is 1. The van der Waals surface area contributed by atoms with Gasteiger partial charge in [-0.15, -0.1) is 0 Å². The molecule has 0 bridgehead atoms. The highest BCUT2D eigenvalue weighted by Gasteiger charge is 2.39. The molecule has 1 aliphatic carbocycles. The van der Waals surface area contributed by atoms with Crippen molar-refractivity contribution >= 4 is 40.8 Å². The van der Waals surface area contributed by atoms with Gasteiger partial charge in [-0.25, -0.2) is 9.59 Å². The van der Waals surface area contributed by atoms with Crippen molar-refractivity contribution in [3.8, 4) is 0 Å². The Morgan fingerprint density at radius 1 is 1.00 bits per heavy atom. The van der Waals surface area contributed by atoms with Crippen LogP contribution in [0.15, 0.2) is 42.5 Å². The van der Waals surface area contributed by atoms with Gasteiger partial charge in [0.2, 0.25) is 0 Å². The van der Waals surface area contributed by atoms with Crippen molar-refractivity contribution in [1.82, 2.24) is 5.32 Å². The number of anilines is 3. The van der Waals surface area contributed by atoms with Gasteiger partial charge in [0.15, 0.2) is 5.78 Å². The topological polar surface area (TPSA) is 119 Å². The number of hydrogen-bond acceptors (Lipinski definition) is 5. The summed E-state index contributed by atoms with van der Waals surface area (Å²) < 4.78 is 0. The number of amides is 3. The van der Waals surface area contributed by atoms with Crippen molar-refractivity contribution in [2.75, 3.05) is 28.2 Å². The van der Waals surface area contributed by atoms with Crippen molar-refractivity contribution < 1.29 is 24.3 Å². The average Bonchev–Trinajstić information content (AvgIpc) is 3.00. The summed E-state index contributed by atoms with van der Waals surface area (Å²) in [7, 11) is 0. The fourth-order valence-electron chi connectivity index (χ4n) is 5.26. The molecule has 9 heteroatoms. The van der Waals surface area contributed by atoms with E-state index in [4.69, 9.17) is 0 Å². The second-order valence-electron chi connectivity index (χ2n) is 11.5. The van der Waals surface area contributed by atoms with Crippen LogP contribution in [0.3, 0.4) is 0 Å². The van der Waals surface area contributed by atoms with Gasteiger partial charge >= 0.3 is 12.0 Å². The molecule has 1 aliphatic heterocycles. The van der Waals surface area contributed by atoms with Crippen LogP contribution in [0.5, 0.6) is 0 Å². The first kappa shape index (κ1) is 28.1. The number of ketones is 1. The summed E-state index contributed by atoms with van der Waals surface area (Å²) in [6.07, 6.45) is 5.35. The van der Waals surface area contributed by atoms with E-state index in [1.807, 2.05) is 45.0 Å². The van der Waals surface area contributed by atoms with Gasteiger partial charge < -0.3 is 25.5 Å². The van der Waals surface area contributed by atoms with E-state index in [-0.39, 0.29) is 36.4 Å². The molecule has 1 saturated carbocycles. The third kappa shape index (κ3) is 6.41. The molecular formula is C30H38N4O5. The minimum atomic E-state index is -1.09. The van der Waals surface area contributed by atoms with Crippen molar-refractivity contribution in [3.63, 3.8) is 0 Å². The lowest BCUT2D eigenvalue weighted by Gasteiger charge is -2.37. The summed E-state index contributed by atoms with van der Waals surface area (Å²) in [6, 6.07) is 10.9. The Bertz CT molecular complexity index is 1260. The molecule has 2 aromatic rings. The number of aryl methyl sites for hydroxylation is 1. The Morgan fingerprint density at radius 2 is 1.67 bits per heavy atom. The summed E-state index contributed by atoms with van der Waals surface area (Å²) in [5.41, 5.74) is 1.88. The molecule has 208 valence electrons. The smallest absolute Gasteiger partial charge is 0.336 e. The van der Waals surface area contributed by atoms with E-state index in [0.29, 0.717) is 16.9 Å². The average molecular weight is 535 g/mol. The summed E-state index contributed by atoms with van der Waals surface area (Å²) >= 11 is 0. The predicted octanol–water partition coefficient (Wildman–Crippen LogP) is 4.98. The van der Waals surface area contributed by atoms with Crippen LogP contribution >= 0.6 is 0 Å². The first-order chi connectivity index (χ1) is 18.5. The number of benzene rings is 2. The molecule has 2 aliphatic rings. The van der Waals surface area contributed by atoms with Gasteiger partial charge in [-0.05, 0) is 49.6 Å². The molecule has 2 aromatic carbocycles. The molecule has 9 nitrogen and oxygen atoms in total. The number of Topliss-reactive ketones (excluding diaryl/α,β-unsaturated/α-hetero) is 1. The van der Waals surface area contributed by atoms with Gasteiger partial charge in [-0.3, -0.25) is 9.59 Å². The minimum absolute atomic E-state index is 0.0826. The molecule has 0 aromatic heterocycles. The first-order valence-corrected chi connectivity index (χ1v) is 13.6. The molecule has 0 radical (unpaired) electrons. The highest BCUT2D eigenvalue weighted by Crippen LogP contribution is 2.37. The Balaban J connectivity index is 1.66. The van der Waals surface area contributed by atoms with Crippen molar-refractivity contribution in [1.29, 1.82) is 0 Å². The molecule has 0 spiro atoms. The van der Waals surface area contributed by atoms with Gasteiger partial charge in [-0.1, -0.05) is 58.2 Å². The van der Waals surface area contributed by atoms with Gasteiger partial charge in [-0.2, -0.15) is 0 Å². The Labute approximate surface area is 229 Å². The van der Waals surface area contributed by atoms with Gasteiger partial charge in [0, 0.05) is 23.7 Å². The summed E-state index contributed by atoms with van der Waals surface area (Å²) in [5, 5.41) is 14.9. The highest BCUT2D eigenvalue weighted by molar-refractivity contribution is 6.08. The molecule has 3 amide bonds. The Kier molecular flexibility index (Phi) is 8.28. The molecule has 3 N–H and O–H groups in total. The van der Waals surface area contributed by atoms with Gasteiger partial charge in [0.25, 0.3) is 5.91 Å². The molecular weight excluding hydrogens is 496 g/mol. The lowest BCUT2D eigenvalue weighted by molar-refractivity contribution is -0.127. The van der Waals surface area contributed by atoms with E-state index in [1.165, 1.54) is 17.4 Å². The lowest BCUT2D eigenvalue weighted by atomic mass is 9.90. The maximum atomic E-state index is 14.0. The van der Waals surface area contributed by atoms with Crippen molar-refractivity contribution in [2.24, 2.45) is 5.41 Å². The number of fused-ring (bicyclic) bond motifs is 1. The molecule has 1 fully saturated rings. The van der Waals surface area contributed by atoms with E-state index in [0.717, 1.165) is 31.4 Å².